The van der Waals surface area contributed by atoms with Gasteiger partial charge in [-0.15, -0.1) is 11.3 Å². The van der Waals surface area contributed by atoms with Gasteiger partial charge in [0.2, 0.25) is 0 Å². The van der Waals surface area contributed by atoms with Gasteiger partial charge in [0.25, 0.3) is 0 Å². The maximum Gasteiger partial charge on any atom is 0.142 e. The molecular weight excluding hydrogens is 430 g/mol. The van der Waals surface area contributed by atoms with Crippen LogP contribution in [-0.4, -0.2) is 56.8 Å². The van der Waals surface area contributed by atoms with Crippen LogP contribution in [0.4, 0.5) is 5.69 Å². The van der Waals surface area contributed by atoms with E-state index >= 15 is 0 Å². The average molecular weight is 464 g/mol. The second-order valence-corrected chi connectivity index (χ2v) is 10.0. The van der Waals surface area contributed by atoms with E-state index in [9.17, 15) is 0 Å². The fourth-order valence-corrected chi connectivity index (χ4v) is 6.10. The Morgan fingerprint density at radius 1 is 0.939 bits per heavy atom. The maximum absolute atomic E-state index is 5.54. The van der Waals surface area contributed by atoms with Gasteiger partial charge in [-0.3, -0.25) is 4.90 Å². The standard InChI is InChI=1S/C27H33N3O2S/c1-31-21-12-10-20-11-13-25-27(22(20)19-21)28-26(33-25)9-5-6-14-29-15-17-30(18-16-29)23-7-3-4-8-24(23)32-2/h3-4,7-8,10,12,19H,5-6,9,11,13-18H2,1-2H3. The van der Waals surface area contributed by atoms with E-state index in [0.29, 0.717) is 0 Å². The van der Waals surface area contributed by atoms with Crippen LogP contribution in [-0.2, 0) is 19.3 Å². The first-order valence-corrected chi connectivity index (χ1v) is 12.8. The predicted molar refractivity (Wildman–Crippen MR) is 136 cm³/mol. The minimum Gasteiger partial charge on any atom is -0.497 e. The topological polar surface area (TPSA) is 37.8 Å². The van der Waals surface area contributed by atoms with Crippen LogP contribution in [0.1, 0.15) is 28.3 Å². The molecule has 33 heavy (non-hydrogen) atoms. The van der Waals surface area contributed by atoms with Gasteiger partial charge in [0.1, 0.15) is 11.5 Å². The number of fused-ring (bicyclic) bond motifs is 3. The van der Waals surface area contributed by atoms with Crippen molar-refractivity contribution < 1.29 is 9.47 Å². The number of hydrogen-bond donors (Lipinski definition) is 0. The Balaban J connectivity index is 1.10. The highest BCUT2D eigenvalue weighted by molar-refractivity contribution is 7.12. The Morgan fingerprint density at radius 3 is 2.61 bits per heavy atom. The number of anilines is 1. The molecule has 5 rings (SSSR count). The number of piperazine rings is 1. The molecule has 1 aliphatic heterocycles. The molecule has 1 aliphatic carbocycles. The predicted octanol–water partition coefficient (Wildman–Crippen LogP) is 5.07. The van der Waals surface area contributed by atoms with E-state index in [1.807, 2.05) is 23.5 Å². The third-order valence-corrected chi connectivity index (χ3v) is 8.02. The van der Waals surface area contributed by atoms with E-state index < -0.39 is 0 Å². The number of aryl methyl sites for hydroxylation is 3. The Kier molecular flexibility index (Phi) is 6.83. The van der Waals surface area contributed by atoms with Gasteiger partial charge in [-0.2, -0.15) is 0 Å². The molecule has 2 aliphatic rings. The molecule has 6 heteroatoms. The zero-order chi connectivity index (χ0) is 22.6. The fourth-order valence-electron chi connectivity index (χ4n) is 4.97. The molecule has 1 aromatic heterocycles. The van der Waals surface area contributed by atoms with E-state index in [1.54, 1.807) is 14.2 Å². The molecule has 0 radical (unpaired) electrons. The summed E-state index contributed by atoms with van der Waals surface area (Å²) in [6.07, 6.45) is 5.73. The Hall–Kier alpha value is -2.57. The molecule has 0 atom stereocenters. The highest BCUT2D eigenvalue weighted by atomic mass is 32.1. The number of para-hydroxylation sites is 2. The van der Waals surface area contributed by atoms with Gasteiger partial charge in [-0.05, 0) is 68.5 Å². The molecular formula is C27H33N3O2S. The Morgan fingerprint density at radius 2 is 1.79 bits per heavy atom. The number of unbranched alkanes of at least 4 members (excludes halogenated alkanes) is 1. The van der Waals surface area contributed by atoms with Gasteiger partial charge in [-0.1, -0.05) is 18.2 Å². The minimum atomic E-state index is 0.918. The summed E-state index contributed by atoms with van der Waals surface area (Å²) in [5, 5.41) is 1.29. The molecule has 0 bridgehead atoms. The van der Waals surface area contributed by atoms with Crippen molar-refractivity contribution in [1.82, 2.24) is 9.88 Å². The molecule has 174 valence electrons. The van der Waals surface area contributed by atoms with Crippen LogP contribution in [0.3, 0.4) is 0 Å². The Labute approximate surface area is 201 Å². The zero-order valence-corrected chi connectivity index (χ0v) is 20.5. The zero-order valence-electron chi connectivity index (χ0n) is 19.7. The minimum absolute atomic E-state index is 0.918. The number of aromatic nitrogens is 1. The smallest absolute Gasteiger partial charge is 0.142 e. The van der Waals surface area contributed by atoms with Gasteiger partial charge < -0.3 is 14.4 Å². The van der Waals surface area contributed by atoms with Crippen LogP contribution in [0.25, 0.3) is 11.3 Å². The van der Waals surface area contributed by atoms with Crippen molar-refractivity contribution in [3.05, 3.63) is 57.9 Å². The monoisotopic (exact) mass is 463 g/mol. The summed E-state index contributed by atoms with van der Waals surface area (Å²) < 4.78 is 11.0. The summed E-state index contributed by atoms with van der Waals surface area (Å²) in [6, 6.07) is 14.8. The highest BCUT2D eigenvalue weighted by Gasteiger charge is 2.22. The van der Waals surface area contributed by atoms with Crippen molar-refractivity contribution in [3.63, 3.8) is 0 Å². The summed E-state index contributed by atoms with van der Waals surface area (Å²) in [6.45, 7) is 5.51. The number of benzene rings is 2. The lowest BCUT2D eigenvalue weighted by molar-refractivity contribution is 0.252. The molecule has 5 nitrogen and oxygen atoms in total. The first-order chi connectivity index (χ1) is 16.2. The third-order valence-electron chi connectivity index (χ3n) is 6.85. The van der Waals surface area contributed by atoms with Gasteiger partial charge in [0, 0.05) is 36.6 Å². The molecule has 3 aromatic rings. The van der Waals surface area contributed by atoms with E-state index in [0.717, 1.165) is 56.9 Å². The Bertz CT molecular complexity index is 1090. The SMILES string of the molecule is COc1ccc2c(c1)-c1nc(CCCCN3CCN(c4ccccc4OC)CC3)sc1CC2. The summed E-state index contributed by atoms with van der Waals surface area (Å²) in [5.41, 5.74) is 5.08. The van der Waals surface area contributed by atoms with Crippen LogP contribution < -0.4 is 14.4 Å². The lowest BCUT2D eigenvalue weighted by atomic mass is 9.93. The van der Waals surface area contributed by atoms with E-state index in [4.69, 9.17) is 14.5 Å². The van der Waals surface area contributed by atoms with Gasteiger partial charge in [-0.25, -0.2) is 4.98 Å². The van der Waals surface area contributed by atoms with Gasteiger partial charge >= 0.3 is 0 Å². The summed E-state index contributed by atoms with van der Waals surface area (Å²) in [7, 11) is 3.49. The van der Waals surface area contributed by atoms with E-state index in [2.05, 4.69) is 40.1 Å². The van der Waals surface area contributed by atoms with Crippen LogP contribution in [0.5, 0.6) is 11.5 Å². The number of methoxy groups -OCH3 is 2. The lowest BCUT2D eigenvalue weighted by Crippen LogP contribution is -2.46. The van der Waals surface area contributed by atoms with Crippen molar-refractivity contribution in [3.8, 4) is 22.8 Å². The van der Waals surface area contributed by atoms with Crippen molar-refractivity contribution in [2.24, 2.45) is 0 Å². The van der Waals surface area contributed by atoms with Crippen LogP contribution in [0.15, 0.2) is 42.5 Å². The second-order valence-electron chi connectivity index (χ2n) is 8.86. The molecule has 0 N–H and O–H groups in total. The lowest BCUT2D eigenvalue weighted by Gasteiger charge is -2.36. The van der Waals surface area contributed by atoms with Crippen LogP contribution >= 0.6 is 11.3 Å². The van der Waals surface area contributed by atoms with Gasteiger partial charge in [0.05, 0.1) is 30.6 Å². The molecule has 2 aromatic carbocycles. The molecule has 0 unspecified atom stereocenters. The molecule has 0 amide bonds. The van der Waals surface area contributed by atoms with E-state index in [1.165, 1.54) is 51.8 Å². The fraction of sp³-hybridized carbons (Fsp3) is 0.444. The van der Waals surface area contributed by atoms with Crippen molar-refractivity contribution >= 4 is 17.0 Å². The molecule has 0 saturated carbocycles. The summed E-state index contributed by atoms with van der Waals surface area (Å²) in [5.74, 6) is 1.89. The quantitative estimate of drug-likeness (QED) is 0.436. The summed E-state index contributed by atoms with van der Waals surface area (Å²) in [4.78, 5) is 11.5. The normalized spacial score (nSPS) is 15.8. The third kappa shape index (κ3) is 4.87. The molecule has 0 spiro atoms. The first-order valence-electron chi connectivity index (χ1n) is 12.0. The molecule has 1 saturated heterocycles. The average Bonchev–Trinajstić information content (AvgIpc) is 3.30. The summed E-state index contributed by atoms with van der Waals surface area (Å²) >= 11 is 1.92. The number of nitrogens with zero attached hydrogens (tertiary/aromatic N) is 3. The number of ether oxygens (including phenoxy) is 2. The van der Waals surface area contributed by atoms with E-state index in [-0.39, 0.29) is 0 Å². The van der Waals surface area contributed by atoms with Crippen LogP contribution in [0, 0.1) is 0 Å². The number of rotatable bonds is 8. The van der Waals surface area contributed by atoms with Crippen molar-refractivity contribution in [2.45, 2.75) is 32.1 Å². The second kappa shape index (κ2) is 10.1. The van der Waals surface area contributed by atoms with Gasteiger partial charge in [0.15, 0.2) is 0 Å². The maximum atomic E-state index is 5.54. The molecule has 1 fully saturated rings. The number of thiazole rings is 1. The molecule has 2 heterocycles. The first kappa shape index (κ1) is 22.2. The van der Waals surface area contributed by atoms with Crippen molar-refractivity contribution in [2.75, 3.05) is 51.8 Å². The van der Waals surface area contributed by atoms with Crippen LogP contribution in [0.2, 0.25) is 0 Å². The van der Waals surface area contributed by atoms with Crippen molar-refractivity contribution in [1.29, 1.82) is 0 Å². The number of hydrogen-bond acceptors (Lipinski definition) is 6. The largest absolute Gasteiger partial charge is 0.497 e. The highest BCUT2D eigenvalue weighted by Crippen LogP contribution is 2.38.